The summed E-state index contributed by atoms with van der Waals surface area (Å²) in [5.41, 5.74) is -1.03. The lowest BCUT2D eigenvalue weighted by molar-refractivity contribution is -0.157. The monoisotopic (exact) mass is 243 g/mol. The van der Waals surface area contributed by atoms with Crippen LogP contribution >= 0.6 is 0 Å². The molecule has 0 aliphatic rings. The van der Waals surface area contributed by atoms with Crippen molar-refractivity contribution in [2.24, 2.45) is 5.92 Å². The number of nitrogens with zero attached hydrogens (tertiary/aromatic N) is 1. The number of rotatable bonds is 9. The van der Waals surface area contributed by atoms with Gasteiger partial charge in [-0.2, -0.15) is 0 Å². The molecule has 0 rings (SSSR count). The molecule has 100 valence electrons. The van der Waals surface area contributed by atoms with Gasteiger partial charge in [-0.1, -0.05) is 34.1 Å². The molecule has 0 aromatic carbocycles. The number of amides is 1. The van der Waals surface area contributed by atoms with Gasteiger partial charge in [0.15, 0.2) is 0 Å². The highest BCUT2D eigenvalue weighted by Gasteiger charge is 2.42. The molecule has 2 atom stereocenters. The third-order valence-electron chi connectivity index (χ3n) is 3.51. The number of carboxylic acid groups (broad SMARTS) is 1. The van der Waals surface area contributed by atoms with E-state index in [4.69, 9.17) is 0 Å². The van der Waals surface area contributed by atoms with Crippen LogP contribution in [0.3, 0.4) is 0 Å². The first-order valence-electron chi connectivity index (χ1n) is 6.43. The molecule has 1 amide bonds. The van der Waals surface area contributed by atoms with Crippen molar-refractivity contribution in [1.82, 2.24) is 4.90 Å². The molecule has 0 saturated heterocycles. The predicted molar refractivity (Wildman–Crippen MR) is 67.8 cm³/mol. The molecule has 0 heterocycles. The first kappa shape index (κ1) is 15.9. The van der Waals surface area contributed by atoms with E-state index < -0.39 is 11.5 Å². The van der Waals surface area contributed by atoms with Gasteiger partial charge in [-0.05, 0) is 25.2 Å². The minimum Gasteiger partial charge on any atom is -0.479 e. The van der Waals surface area contributed by atoms with E-state index in [9.17, 15) is 14.7 Å². The van der Waals surface area contributed by atoms with Gasteiger partial charge in [0.1, 0.15) is 5.54 Å². The minimum atomic E-state index is -1.03. The lowest BCUT2D eigenvalue weighted by Gasteiger charge is -2.39. The van der Waals surface area contributed by atoms with Crippen molar-refractivity contribution in [2.75, 3.05) is 6.54 Å². The summed E-state index contributed by atoms with van der Waals surface area (Å²) in [5, 5.41) is 9.50. The number of carboxylic acids is 1. The van der Waals surface area contributed by atoms with Gasteiger partial charge in [0, 0.05) is 6.54 Å². The van der Waals surface area contributed by atoms with Gasteiger partial charge in [0.05, 0.1) is 0 Å². The summed E-state index contributed by atoms with van der Waals surface area (Å²) in [5.74, 6) is -0.591. The number of carbonyl (C=O) groups is 2. The van der Waals surface area contributed by atoms with E-state index in [1.165, 1.54) is 4.90 Å². The Morgan fingerprint density at radius 2 is 2.00 bits per heavy atom. The maximum absolute atomic E-state index is 11.6. The molecular weight excluding hydrogens is 218 g/mol. The van der Waals surface area contributed by atoms with Crippen LogP contribution in [0.25, 0.3) is 0 Å². The van der Waals surface area contributed by atoms with Crippen LogP contribution in [0.4, 0.5) is 0 Å². The summed E-state index contributed by atoms with van der Waals surface area (Å²) >= 11 is 0. The molecule has 0 aromatic heterocycles. The zero-order valence-electron chi connectivity index (χ0n) is 11.4. The molecule has 0 bridgehead atoms. The van der Waals surface area contributed by atoms with Crippen LogP contribution in [0, 0.1) is 5.92 Å². The summed E-state index contributed by atoms with van der Waals surface area (Å²) in [6, 6.07) is 0. The van der Waals surface area contributed by atoms with Crippen LogP contribution in [-0.4, -0.2) is 34.5 Å². The highest BCUT2D eigenvalue weighted by molar-refractivity contribution is 5.81. The Bertz CT molecular complexity index is 255. The molecule has 2 unspecified atom stereocenters. The zero-order valence-corrected chi connectivity index (χ0v) is 11.4. The Balaban J connectivity index is 5.17. The molecule has 1 N–H and O–H groups in total. The molecule has 0 radical (unpaired) electrons. The molecule has 17 heavy (non-hydrogen) atoms. The number of hydrogen-bond acceptors (Lipinski definition) is 2. The Morgan fingerprint density at radius 1 is 1.41 bits per heavy atom. The van der Waals surface area contributed by atoms with Gasteiger partial charge >= 0.3 is 5.97 Å². The summed E-state index contributed by atoms with van der Waals surface area (Å²) in [4.78, 5) is 24.2. The maximum Gasteiger partial charge on any atom is 0.329 e. The minimum absolute atomic E-state index is 0.297. The van der Waals surface area contributed by atoms with Crippen molar-refractivity contribution in [3.05, 3.63) is 0 Å². The fourth-order valence-corrected chi connectivity index (χ4v) is 2.16. The first-order chi connectivity index (χ1) is 7.98. The van der Waals surface area contributed by atoms with Crippen molar-refractivity contribution in [2.45, 2.75) is 58.9 Å². The molecule has 0 spiro atoms. The molecule has 0 aliphatic carbocycles. The quantitative estimate of drug-likeness (QED) is 0.633. The van der Waals surface area contributed by atoms with Gasteiger partial charge in [0.25, 0.3) is 0 Å². The largest absolute Gasteiger partial charge is 0.479 e. The smallest absolute Gasteiger partial charge is 0.329 e. The van der Waals surface area contributed by atoms with E-state index in [2.05, 4.69) is 0 Å². The van der Waals surface area contributed by atoms with E-state index in [1.54, 1.807) is 0 Å². The number of aliphatic carboxylic acids is 1. The third-order valence-corrected chi connectivity index (χ3v) is 3.51. The normalized spacial score (nSPS) is 16.0. The fraction of sp³-hybridized carbons (Fsp3) is 0.846. The van der Waals surface area contributed by atoms with E-state index in [0.29, 0.717) is 31.7 Å². The van der Waals surface area contributed by atoms with Crippen LogP contribution in [0.5, 0.6) is 0 Å². The second-order valence-corrected chi connectivity index (χ2v) is 4.71. The van der Waals surface area contributed by atoms with Crippen molar-refractivity contribution in [3.8, 4) is 0 Å². The summed E-state index contributed by atoms with van der Waals surface area (Å²) < 4.78 is 0. The highest BCUT2D eigenvalue weighted by Crippen LogP contribution is 2.29. The second kappa shape index (κ2) is 7.30. The van der Waals surface area contributed by atoms with Crippen LogP contribution < -0.4 is 0 Å². The van der Waals surface area contributed by atoms with Crippen molar-refractivity contribution < 1.29 is 14.7 Å². The predicted octanol–water partition coefficient (Wildman–Crippen LogP) is 2.52. The van der Waals surface area contributed by atoms with E-state index >= 15 is 0 Å². The Kier molecular flexibility index (Phi) is 6.85. The van der Waals surface area contributed by atoms with Crippen LogP contribution in [-0.2, 0) is 9.59 Å². The van der Waals surface area contributed by atoms with E-state index in [0.717, 1.165) is 12.8 Å². The van der Waals surface area contributed by atoms with Crippen molar-refractivity contribution in [1.29, 1.82) is 0 Å². The molecule has 0 fully saturated rings. The van der Waals surface area contributed by atoms with Crippen LogP contribution in [0.15, 0.2) is 0 Å². The summed E-state index contributed by atoms with van der Waals surface area (Å²) in [6.07, 6.45) is 3.35. The lowest BCUT2D eigenvalue weighted by Crippen LogP contribution is -2.55. The number of carbonyl (C=O) groups excluding carboxylic acids is 1. The molecule has 4 nitrogen and oxygen atoms in total. The second-order valence-electron chi connectivity index (χ2n) is 4.71. The van der Waals surface area contributed by atoms with Gasteiger partial charge < -0.3 is 10.0 Å². The fourth-order valence-electron chi connectivity index (χ4n) is 2.16. The maximum atomic E-state index is 11.6. The lowest BCUT2D eigenvalue weighted by atomic mass is 9.83. The van der Waals surface area contributed by atoms with Crippen molar-refractivity contribution >= 4 is 12.4 Å². The van der Waals surface area contributed by atoms with Gasteiger partial charge in [-0.3, -0.25) is 4.79 Å². The third kappa shape index (κ3) is 3.72. The standard InChI is InChI=1S/C13H25NO3/c1-5-8-14(10-15)13(7-3,12(16)17)9-11(4)6-2/h10-11H,5-9H2,1-4H3,(H,16,17). The van der Waals surface area contributed by atoms with Crippen LogP contribution in [0.1, 0.15) is 53.4 Å². The Labute approximate surface area is 104 Å². The van der Waals surface area contributed by atoms with Crippen LogP contribution in [0.2, 0.25) is 0 Å². The average Bonchev–Trinajstić information content (AvgIpc) is 2.32. The van der Waals surface area contributed by atoms with Gasteiger partial charge in [-0.25, -0.2) is 4.79 Å². The summed E-state index contributed by atoms with van der Waals surface area (Å²) in [6.45, 7) is 8.35. The van der Waals surface area contributed by atoms with E-state index in [1.807, 2.05) is 27.7 Å². The summed E-state index contributed by atoms with van der Waals surface area (Å²) in [7, 11) is 0. The van der Waals surface area contributed by atoms with Gasteiger partial charge in [0.2, 0.25) is 6.41 Å². The molecule has 0 aromatic rings. The zero-order chi connectivity index (χ0) is 13.5. The van der Waals surface area contributed by atoms with E-state index in [-0.39, 0.29) is 0 Å². The molecule has 0 aliphatic heterocycles. The molecule has 4 heteroatoms. The topological polar surface area (TPSA) is 57.6 Å². The number of hydrogen-bond donors (Lipinski definition) is 1. The SMILES string of the molecule is CCCN(C=O)C(CC)(CC(C)CC)C(=O)O. The average molecular weight is 243 g/mol. The Hall–Kier alpha value is -1.06. The molecule has 0 saturated carbocycles. The molecular formula is C13H25NO3. The Morgan fingerprint density at radius 3 is 2.29 bits per heavy atom. The first-order valence-corrected chi connectivity index (χ1v) is 6.43. The highest BCUT2D eigenvalue weighted by atomic mass is 16.4. The van der Waals surface area contributed by atoms with Crippen molar-refractivity contribution in [3.63, 3.8) is 0 Å². The van der Waals surface area contributed by atoms with Gasteiger partial charge in [-0.15, -0.1) is 0 Å².